The van der Waals surface area contributed by atoms with Gasteiger partial charge in [-0.05, 0) is 127 Å². The third-order valence-corrected chi connectivity index (χ3v) is 9.51. The molecule has 0 radical (unpaired) electrons. The number of benzene rings is 5. The molecule has 50 heavy (non-hydrogen) atoms. The third-order valence-electron chi connectivity index (χ3n) is 9.51. The second-order valence-corrected chi connectivity index (χ2v) is 13.3. The van der Waals surface area contributed by atoms with Gasteiger partial charge in [-0.2, -0.15) is 0 Å². The average molecular weight is 673 g/mol. The van der Waals surface area contributed by atoms with Crippen LogP contribution in [0.1, 0.15) is 59.2 Å². The Hall–Kier alpha value is -4.92. The molecule has 0 spiro atoms. The average Bonchev–Trinajstić information content (AvgIpc) is 4.10. The van der Waals surface area contributed by atoms with Gasteiger partial charge in [-0.25, -0.2) is 0 Å². The summed E-state index contributed by atoms with van der Waals surface area (Å²) in [6.45, 7) is 3.16. The van der Waals surface area contributed by atoms with Crippen LogP contribution in [0.2, 0.25) is 0 Å². The van der Waals surface area contributed by atoms with E-state index in [9.17, 15) is 9.59 Å². The van der Waals surface area contributed by atoms with Crippen molar-refractivity contribution in [2.45, 2.75) is 50.7 Å². The maximum absolute atomic E-state index is 13.6. The summed E-state index contributed by atoms with van der Waals surface area (Å²) < 4.78 is 22.5. The van der Waals surface area contributed by atoms with E-state index in [1.165, 1.54) is 0 Å². The van der Waals surface area contributed by atoms with Gasteiger partial charge < -0.3 is 28.7 Å². The van der Waals surface area contributed by atoms with Crippen molar-refractivity contribution in [3.8, 4) is 11.5 Å². The molecule has 0 N–H and O–H groups in total. The lowest BCUT2D eigenvalue weighted by Gasteiger charge is -2.22. The zero-order chi connectivity index (χ0) is 34.5. The van der Waals surface area contributed by atoms with Crippen LogP contribution < -0.4 is 19.3 Å². The summed E-state index contributed by atoms with van der Waals surface area (Å²) in [4.78, 5) is 30.4. The van der Waals surface area contributed by atoms with Crippen LogP contribution in [-0.4, -0.2) is 64.5 Å². The van der Waals surface area contributed by atoms with E-state index < -0.39 is 0 Å². The lowest BCUT2D eigenvalue weighted by atomic mass is 10.1. The van der Waals surface area contributed by atoms with Gasteiger partial charge in [-0.1, -0.05) is 30.3 Å². The number of epoxide rings is 2. The molecule has 258 valence electrons. The molecule has 7 rings (SSSR count). The summed E-state index contributed by atoms with van der Waals surface area (Å²) in [6.07, 6.45) is 7.34. The van der Waals surface area contributed by atoms with Gasteiger partial charge in [0.05, 0.1) is 38.6 Å². The standard InChI is InChI=1S/C42H44N2O6/c1-43(41(45)33-14-12-31-24-37(18-16-29(31)22-33)47-20-5-3-10-39-27-49-39)35-8-7-9-36(26-35)44(2)42(46)34-15-13-32-25-38(19-17-30(32)23-34)48-21-6-4-11-40-28-50-40/h7-9,12-19,22-26,39-40H,3-6,10-11,20-21,27-28H2,1-2H3. The van der Waals surface area contributed by atoms with Crippen molar-refractivity contribution < 1.29 is 28.5 Å². The zero-order valence-corrected chi connectivity index (χ0v) is 28.8. The minimum Gasteiger partial charge on any atom is -0.494 e. The van der Waals surface area contributed by atoms with E-state index >= 15 is 0 Å². The van der Waals surface area contributed by atoms with E-state index in [0.717, 1.165) is 84.8 Å². The molecule has 2 aliphatic heterocycles. The first-order valence-electron chi connectivity index (χ1n) is 17.6. The molecule has 0 saturated carbocycles. The van der Waals surface area contributed by atoms with Crippen LogP contribution >= 0.6 is 0 Å². The summed E-state index contributed by atoms with van der Waals surface area (Å²) in [5, 5.41) is 3.97. The minimum absolute atomic E-state index is 0.135. The van der Waals surface area contributed by atoms with Crippen molar-refractivity contribution in [3.63, 3.8) is 0 Å². The number of carbonyl (C=O) groups is 2. The van der Waals surface area contributed by atoms with Gasteiger partial charge in [0, 0.05) is 36.6 Å². The second-order valence-electron chi connectivity index (χ2n) is 13.3. The van der Waals surface area contributed by atoms with Crippen LogP contribution in [0.3, 0.4) is 0 Å². The third kappa shape index (κ3) is 8.44. The Bertz CT molecular complexity index is 1850. The molecule has 0 aliphatic carbocycles. The quantitative estimate of drug-likeness (QED) is 0.0773. The van der Waals surface area contributed by atoms with E-state index in [2.05, 4.69) is 0 Å². The number of carbonyl (C=O) groups excluding carboxylic acids is 2. The Balaban J connectivity index is 0.962. The second kappa shape index (κ2) is 15.3. The fourth-order valence-corrected chi connectivity index (χ4v) is 6.22. The number of nitrogens with zero attached hydrogens (tertiary/aromatic N) is 2. The van der Waals surface area contributed by atoms with Crippen LogP contribution in [0.5, 0.6) is 11.5 Å². The Kier molecular flexibility index (Phi) is 10.3. The molecular formula is C42H44N2O6. The molecular weight excluding hydrogens is 628 g/mol. The highest BCUT2D eigenvalue weighted by atomic mass is 16.6. The lowest BCUT2D eigenvalue weighted by molar-refractivity contribution is 0.0986. The number of fused-ring (bicyclic) bond motifs is 2. The maximum atomic E-state index is 13.6. The highest BCUT2D eigenvalue weighted by molar-refractivity contribution is 6.10. The van der Waals surface area contributed by atoms with Crippen molar-refractivity contribution in [2.24, 2.45) is 0 Å². The molecule has 2 unspecified atom stereocenters. The fourth-order valence-electron chi connectivity index (χ4n) is 6.22. The molecule has 2 heterocycles. The van der Waals surface area contributed by atoms with Gasteiger partial charge in [-0.15, -0.1) is 0 Å². The monoisotopic (exact) mass is 672 g/mol. The molecule has 2 saturated heterocycles. The lowest BCUT2D eigenvalue weighted by Crippen LogP contribution is -2.28. The fraction of sp³-hybridized carbons (Fsp3) is 0.333. The van der Waals surface area contributed by atoms with E-state index in [1.807, 2.05) is 97.1 Å². The van der Waals surface area contributed by atoms with Crippen LogP contribution in [-0.2, 0) is 9.47 Å². The van der Waals surface area contributed by atoms with E-state index in [0.29, 0.717) is 47.9 Å². The van der Waals surface area contributed by atoms with Crippen molar-refractivity contribution in [1.82, 2.24) is 0 Å². The molecule has 8 heteroatoms. The Morgan fingerprint density at radius 3 is 1.44 bits per heavy atom. The van der Waals surface area contributed by atoms with Gasteiger partial charge in [0.15, 0.2) is 0 Å². The summed E-state index contributed by atoms with van der Waals surface area (Å²) in [6, 6.07) is 30.8. The number of anilines is 2. The van der Waals surface area contributed by atoms with Crippen LogP contribution in [0.25, 0.3) is 21.5 Å². The van der Waals surface area contributed by atoms with Crippen molar-refractivity contribution >= 4 is 44.7 Å². The topological polar surface area (TPSA) is 84.1 Å². The molecule has 2 fully saturated rings. The number of ether oxygens (including phenoxy) is 4. The molecule has 2 atom stereocenters. The smallest absolute Gasteiger partial charge is 0.258 e. The van der Waals surface area contributed by atoms with E-state index in [4.69, 9.17) is 18.9 Å². The number of amides is 2. The van der Waals surface area contributed by atoms with Crippen molar-refractivity contribution in [3.05, 3.63) is 108 Å². The highest BCUT2D eigenvalue weighted by Crippen LogP contribution is 2.28. The maximum Gasteiger partial charge on any atom is 0.258 e. The number of hydrogen-bond donors (Lipinski definition) is 0. The normalized spacial score (nSPS) is 16.3. The summed E-state index contributed by atoms with van der Waals surface area (Å²) in [7, 11) is 3.51. The largest absolute Gasteiger partial charge is 0.494 e. The molecule has 5 aromatic rings. The summed E-state index contributed by atoms with van der Waals surface area (Å²) >= 11 is 0. The summed E-state index contributed by atoms with van der Waals surface area (Å²) in [5.41, 5.74) is 2.55. The predicted octanol–water partition coefficient (Wildman–Crippen LogP) is 8.44. The molecule has 2 aliphatic rings. The zero-order valence-electron chi connectivity index (χ0n) is 28.8. The Morgan fingerprint density at radius 2 is 1.00 bits per heavy atom. The number of hydrogen-bond acceptors (Lipinski definition) is 6. The first kappa shape index (κ1) is 33.6. The Morgan fingerprint density at radius 1 is 0.580 bits per heavy atom. The number of unbranched alkanes of at least 4 members (excludes halogenated alkanes) is 2. The molecule has 0 aromatic heterocycles. The first-order chi connectivity index (χ1) is 24.4. The Labute approximate surface area is 293 Å². The highest BCUT2D eigenvalue weighted by Gasteiger charge is 2.22. The van der Waals surface area contributed by atoms with Gasteiger partial charge in [0.2, 0.25) is 0 Å². The molecule has 5 aromatic carbocycles. The van der Waals surface area contributed by atoms with E-state index in [-0.39, 0.29) is 11.8 Å². The minimum atomic E-state index is -0.135. The molecule has 8 nitrogen and oxygen atoms in total. The van der Waals surface area contributed by atoms with Crippen molar-refractivity contribution in [1.29, 1.82) is 0 Å². The first-order valence-corrected chi connectivity index (χ1v) is 17.6. The van der Waals surface area contributed by atoms with E-state index in [1.54, 1.807) is 23.9 Å². The van der Waals surface area contributed by atoms with Crippen molar-refractivity contribution in [2.75, 3.05) is 50.3 Å². The summed E-state index contributed by atoms with van der Waals surface area (Å²) in [5.74, 6) is 1.39. The predicted molar refractivity (Wildman–Crippen MR) is 198 cm³/mol. The SMILES string of the molecule is CN(C(=O)c1ccc2cc(OCCCCC3CO3)ccc2c1)c1cccc(N(C)C(=O)c2ccc3cc(OCCCCC4CO4)ccc3c2)c1. The van der Waals surface area contributed by atoms with Crippen LogP contribution in [0, 0.1) is 0 Å². The number of rotatable bonds is 16. The van der Waals surface area contributed by atoms with Gasteiger partial charge in [0.1, 0.15) is 11.5 Å². The molecule has 0 bridgehead atoms. The van der Waals surface area contributed by atoms with Gasteiger partial charge >= 0.3 is 0 Å². The van der Waals surface area contributed by atoms with Crippen LogP contribution in [0.15, 0.2) is 97.1 Å². The van der Waals surface area contributed by atoms with Gasteiger partial charge in [0.25, 0.3) is 11.8 Å². The van der Waals surface area contributed by atoms with Gasteiger partial charge in [-0.3, -0.25) is 9.59 Å². The molecule has 2 amide bonds. The van der Waals surface area contributed by atoms with Crippen LogP contribution in [0.4, 0.5) is 11.4 Å².